The van der Waals surface area contributed by atoms with Crippen LogP contribution >= 0.6 is 0 Å². The molecule has 0 N–H and O–H groups in total. The summed E-state index contributed by atoms with van der Waals surface area (Å²) < 4.78 is 37.2. The van der Waals surface area contributed by atoms with E-state index in [9.17, 15) is 13.2 Å². The fraction of sp³-hybridized carbons (Fsp3) is 0.125. The molecule has 6 heteroatoms. The highest BCUT2D eigenvalue weighted by molar-refractivity contribution is 5.79. The van der Waals surface area contributed by atoms with Crippen LogP contribution in [0, 0.1) is 11.3 Å². The normalized spacial score (nSPS) is 11.4. The standard InChI is InChI=1S/C16H10F3N2O/c17-16(18,19)15-7-5-12(6-8-15)10-21-22-11-14-4-2-1-3-13(14)9-20/h1-8H,11H2. The van der Waals surface area contributed by atoms with Crippen LogP contribution in [0.1, 0.15) is 22.3 Å². The van der Waals surface area contributed by atoms with Crippen molar-refractivity contribution >= 4 is 6.21 Å². The van der Waals surface area contributed by atoms with Gasteiger partial charge >= 0.3 is 6.18 Å². The molecule has 2 aromatic carbocycles. The molecule has 0 fully saturated rings. The molecule has 0 aliphatic rings. The van der Waals surface area contributed by atoms with E-state index >= 15 is 0 Å². The van der Waals surface area contributed by atoms with Crippen molar-refractivity contribution in [3.8, 4) is 6.07 Å². The molecular weight excluding hydrogens is 293 g/mol. The quantitative estimate of drug-likeness (QED) is 0.633. The Morgan fingerprint density at radius 2 is 1.73 bits per heavy atom. The summed E-state index contributed by atoms with van der Waals surface area (Å²) in [7, 11) is 0. The van der Waals surface area contributed by atoms with Gasteiger partial charge in [0.1, 0.15) is 12.8 Å². The van der Waals surface area contributed by atoms with Gasteiger partial charge in [-0.05, 0) is 18.2 Å². The first-order valence-electron chi connectivity index (χ1n) is 6.24. The molecule has 22 heavy (non-hydrogen) atoms. The van der Waals surface area contributed by atoms with Gasteiger partial charge in [0.05, 0.1) is 17.2 Å². The van der Waals surface area contributed by atoms with Crippen LogP contribution in [0.5, 0.6) is 0 Å². The zero-order valence-corrected chi connectivity index (χ0v) is 11.3. The summed E-state index contributed by atoms with van der Waals surface area (Å²) in [6, 6.07) is 13.3. The lowest BCUT2D eigenvalue weighted by atomic mass is 10.1. The Morgan fingerprint density at radius 3 is 2.36 bits per heavy atom. The Balaban J connectivity index is 1.94. The average Bonchev–Trinajstić information content (AvgIpc) is 2.51. The highest BCUT2D eigenvalue weighted by Crippen LogP contribution is 2.28. The third-order valence-corrected chi connectivity index (χ3v) is 2.81. The molecular formula is C16H10F3N2O. The molecule has 1 radical (unpaired) electrons. The second-order valence-electron chi connectivity index (χ2n) is 4.32. The number of halogens is 3. The summed E-state index contributed by atoms with van der Waals surface area (Å²) in [5, 5.41) is 12.5. The third-order valence-electron chi connectivity index (χ3n) is 2.81. The van der Waals surface area contributed by atoms with Crippen molar-refractivity contribution in [2.45, 2.75) is 12.8 Å². The van der Waals surface area contributed by atoms with Crippen molar-refractivity contribution in [1.29, 1.82) is 5.26 Å². The van der Waals surface area contributed by atoms with E-state index in [0.29, 0.717) is 16.7 Å². The van der Waals surface area contributed by atoms with E-state index in [1.165, 1.54) is 12.1 Å². The SMILES string of the molecule is N#Cc1ccccc1CO/N=[C]\c1ccc(C(F)(F)F)cc1. The Bertz CT molecular complexity index is 701. The number of hydrogen-bond acceptors (Lipinski definition) is 3. The van der Waals surface area contributed by atoms with Gasteiger partial charge in [0.2, 0.25) is 0 Å². The highest BCUT2D eigenvalue weighted by atomic mass is 19.4. The summed E-state index contributed by atoms with van der Waals surface area (Å²) >= 11 is 0. The van der Waals surface area contributed by atoms with E-state index in [0.717, 1.165) is 12.1 Å². The molecule has 3 nitrogen and oxygen atoms in total. The maximum atomic E-state index is 12.4. The number of hydrogen-bond donors (Lipinski definition) is 0. The van der Waals surface area contributed by atoms with Crippen LogP contribution in [0.4, 0.5) is 13.2 Å². The van der Waals surface area contributed by atoms with Gasteiger partial charge in [-0.3, -0.25) is 0 Å². The van der Waals surface area contributed by atoms with Gasteiger partial charge in [0, 0.05) is 11.1 Å². The molecule has 0 heterocycles. The van der Waals surface area contributed by atoms with Gasteiger partial charge < -0.3 is 4.84 Å². The van der Waals surface area contributed by atoms with Crippen molar-refractivity contribution in [3.63, 3.8) is 0 Å². The van der Waals surface area contributed by atoms with Crippen molar-refractivity contribution < 1.29 is 18.0 Å². The monoisotopic (exact) mass is 303 g/mol. The van der Waals surface area contributed by atoms with Crippen LogP contribution in [-0.2, 0) is 17.6 Å². The van der Waals surface area contributed by atoms with Crippen molar-refractivity contribution in [2.24, 2.45) is 5.16 Å². The molecule has 0 bridgehead atoms. The predicted octanol–water partition coefficient (Wildman–Crippen LogP) is 4.00. The number of rotatable bonds is 4. The lowest BCUT2D eigenvalue weighted by Crippen LogP contribution is -2.04. The van der Waals surface area contributed by atoms with Crippen LogP contribution in [0.15, 0.2) is 53.7 Å². The molecule has 0 aliphatic heterocycles. The molecule has 2 aromatic rings. The molecule has 0 unspecified atom stereocenters. The number of nitriles is 1. The summed E-state index contributed by atoms with van der Waals surface area (Å²) in [5.74, 6) is 0. The third kappa shape index (κ3) is 4.09. The minimum atomic E-state index is -4.37. The van der Waals surface area contributed by atoms with Crippen molar-refractivity contribution in [1.82, 2.24) is 0 Å². The van der Waals surface area contributed by atoms with Crippen LogP contribution in [0.2, 0.25) is 0 Å². The Kier molecular flexibility index (Phi) is 4.79. The van der Waals surface area contributed by atoms with Gasteiger partial charge in [-0.2, -0.15) is 18.4 Å². The lowest BCUT2D eigenvalue weighted by molar-refractivity contribution is -0.137. The van der Waals surface area contributed by atoms with Crippen LogP contribution in [0.3, 0.4) is 0 Å². The van der Waals surface area contributed by atoms with Crippen LogP contribution < -0.4 is 0 Å². The summed E-state index contributed by atoms with van der Waals surface area (Å²) in [6.45, 7) is 0.0807. The van der Waals surface area contributed by atoms with Gasteiger partial charge in [-0.15, -0.1) is 0 Å². The predicted molar refractivity (Wildman–Crippen MR) is 73.9 cm³/mol. The molecule has 0 amide bonds. The van der Waals surface area contributed by atoms with E-state index in [2.05, 4.69) is 11.4 Å². The fourth-order valence-electron chi connectivity index (χ4n) is 1.68. The van der Waals surface area contributed by atoms with E-state index < -0.39 is 11.7 Å². The second kappa shape index (κ2) is 6.76. The molecule has 0 aliphatic carbocycles. The fourth-order valence-corrected chi connectivity index (χ4v) is 1.68. The largest absolute Gasteiger partial charge is 0.416 e. The Morgan fingerprint density at radius 1 is 1.05 bits per heavy atom. The summed E-state index contributed by atoms with van der Waals surface area (Å²) in [5.41, 5.74) is 0.777. The minimum Gasteiger partial charge on any atom is -0.390 e. The number of benzene rings is 2. The first-order valence-corrected chi connectivity index (χ1v) is 6.24. The minimum absolute atomic E-state index is 0.0807. The van der Waals surface area contributed by atoms with E-state index in [4.69, 9.17) is 10.1 Å². The molecule has 2 rings (SSSR count). The molecule has 0 saturated heterocycles. The summed E-state index contributed by atoms with van der Waals surface area (Å²) in [4.78, 5) is 5.00. The Hall–Kier alpha value is -2.81. The summed E-state index contributed by atoms with van der Waals surface area (Å²) in [6.07, 6.45) is -1.88. The Labute approximate surface area is 125 Å². The average molecular weight is 303 g/mol. The number of nitrogens with zero attached hydrogens (tertiary/aromatic N) is 2. The van der Waals surface area contributed by atoms with Gasteiger partial charge in [0.15, 0.2) is 0 Å². The van der Waals surface area contributed by atoms with Gasteiger partial charge in [-0.25, -0.2) is 0 Å². The molecule has 0 saturated carbocycles. The molecule has 0 spiro atoms. The van der Waals surface area contributed by atoms with Crippen LogP contribution in [0.25, 0.3) is 0 Å². The zero-order chi connectivity index (χ0) is 16.0. The maximum absolute atomic E-state index is 12.4. The zero-order valence-electron chi connectivity index (χ0n) is 11.3. The van der Waals surface area contributed by atoms with Crippen LogP contribution in [-0.4, -0.2) is 6.21 Å². The maximum Gasteiger partial charge on any atom is 0.416 e. The molecule has 0 aromatic heterocycles. The topological polar surface area (TPSA) is 45.4 Å². The van der Waals surface area contributed by atoms with Crippen molar-refractivity contribution in [3.05, 3.63) is 70.8 Å². The smallest absolute Gasteiger partial charge is 0.390 e. The number of alkyl halides is 3. The lowest BCUT2D eigenvalue weighted by Gasteiger charge is -2.05. The first-order chi connectivity index (χ1) is 10.5. The molecule has 111 valence electrons. The van der Waals surface area contributed by atoms with E-state index in [-0.39, 0.29) is 6.61 Å². The van der Waals surface area contributed by atoms with Gasteiger partial charge in [-0.1, -0.05) is 35.5 Å². The van der Waals surface area contributed by atoms with E-state index in [1.54, 1.807) is 24.3 Å². The highest BCUT2D eigenvalue weighted by Gasteiger charge is 2.29. The van der Waals surface area contributed by atoms with Crippen molar-refractivity contribution in [2.75, 3.05) is 0 Å². The second-order valence-corrected chi connectivity index (χ2v) is 4.32. The van der Waals surface area contributed by atoms with E-state index in [1.807, 2.05) is 6.07 Å². The molecule has 0 atom stereocenters. The first kappa shape index (κ1) is 15.6. The van der Waals surface area contributed by atoms with Gasteiger partial charge in [0.25, 0.3) is 0 Å².